The van der Waals surface area contributed by atoms with Crippen LogP contribution >= 0.6 is 23.2 Å². The second-order valence-corrected chi connectivity index (χ2v) is 11.6. The lowest BCUT2D eigenvalue weighted by atomic mass is 9.94. The molecule has 6 nitrogen and oxygen atoms in total. The number of aromatic nitrogens is 2. The lowest BCUT2D eigenvalue weighted by Gasteiger charge is -2.36. The maximum atomic E-state index is 13.4. The van der Waals surface area contributed by atoms with Crippen LogP contribution in [-0.4, -0.2) is 72.0 Å². The van der Waals surface area contributed by atoms with E-state index >= 15 is 0 Å². The number of likely N-dealkylation sites (N-methyl/N-ethyl adjacent to an activating group) is 1. The lowest BCUT2D eigenvalue weighted by Crippen LogP contribution is -2.47. The maximum absolute atomic E-state index is 13.4. The molecule has 0 bridgehead atoms. The standard InChI is InChI=1S/C32H35Cl2N5O/c1-22-17-23(2)19-27(18-22)32(40)37(3)21-26(25-6-7-28(33)29(34)20-25)9-12-38-13-15-39(16-14-38)31-30-24(8-11-36-31)5-4-10-35-30/h4-8,10-11,17-20,26H,9,12-16,21H2,1-3H3. The molecule has 8 heteroatoms. The van der Waals surface area contributed by atoms with Gasteiger partial charge < -0.3 is 9.80 Å². The number of piperazine rings is 1. The lowest BCUT2D eigenvalue weighted by molar-refractivity contribution is 0.0782. The van der Waals surface area contributed by atoms with Crippen LogP contribution in [0.2, 0.25) is 10.0 Å². The highest BCUT2D eigenvalue weighted by molar-refractivity contribution is 6.42. The zero-order valence-electron chi connectivity index (χ0n) is 23.3. The smallest absolute Gasteiger partial charge is 0.253 e. The second-order valence-electron chi connectivity index (χ2n) is 10.8. The van der Waals surface area contributed by atoms with Crippen LogP contribution in [0.15, 0.2) is 67.0 Å². The average molecular weight is 577 g/mol. The van der Waals surface area contributed by atoms with Gasteiger partial charge in [-0.05, 0) is 68.8 Å². The third-order valence-electron chi connectivity index (χ3n) is 7.69. The molecular weight excluding hydrogens is 541 g/mol. The third kappa shape index (κ3) is 6.57. The number of hydrogen-bond acceptors (Lipinski definition) is 5. The molecule has 1 saturated heterocycles. The zero-order chi connectivity index (χ0) is 28.2. The van der Waals surface area contributed by atoms with Gasteiger partial charge in [-0.25, -0.2) is 4.98 Å². The SMILES string of the molecule is Cc1cc(C)cc(C(=O)N(C)CC(CCN2CCN(c3nccc4cccnc34)CC2)c2ccc(Cl)c(Cl)c2)c1. The van der Waals surface area contributed by atoms with E-state index in [1.54, 1.807) is 0 Å². The van der Waals surface area contributed by atoms with Crippen LogP contribution in [0, 0.1) is 13.8 Å². The van der Waals surface area contributed by atoms with Crippen molar-refractivity contribution in [1.82, 2.24) is 19.8 Å². The normalized spacial score (nSPS) is 14.9. The van der Waals surface area contributed by atoms with Crippen LogP contribution in [0.25, 0.3) is 10.9 Å². The Morgan fingerprint density at radius 3 is 2.40 bits per heavy atom. The molecule has 40 heavy (non-hydrogen) atoms. The van der Waals surface area contributed by atoms with E-state index in [9.17, 15) is 4.79 Å². The van der Waals surface area contributed by atoms with E-state index in [0.717, 1.165) is 78.1 Å². The number of hydrogen-bond donors (Lipinski definition) is 0. The Labute approximate surface area is 246 Å². The summed E-state index contributed by atoms with van der Waals surface area (Å²) in [4.78, 5) is 29.3. The van der Waals surface area contributed by atoms with Gasteiger partial charge in [0.15, 0.2) is 5.82 Å². The number of anilines is 1. The summed E-state index contributed by atoms with van der Waals surface area (Å²) < 4.78 is 0. The predicted molar refractivity (Wildman–Crippen MR) is 165 cm³/mol. The zero-order valence-corrected chi connectivity index (χ0v) is 24.8. The van der Waals surface area contributed by atoms with Crippen LogP contribution in [0.5, 0.6) is 0 Å². The molecule has 208 valence electrons. The molecule has 4 aromatic rings. The number of halogens is 2. The van der Waals surface area contributed by atoms with Gasteiger partial charge >= 0.3 is 0 Å². The van der Waals surface area contributed by atoms with Gasteiger partial charge in [0.1, 0.15) is 5.52 Å². The largest absolute Gasteiger partial charge is 0.352 e. The summed E-state index contributed by atoms with van der Waals surface area (Å²) >= 11 is 12.6. The molecule has 1 unspecified atom stereocenters. The summed E-state index contributed by atoms with van der Waals surface area (Å²) in [6, 6.07) is 17.9. The van der Waals surface area contributed by atoms with Crippen molar-refractivity contribution in [3.63, 3.8) is 0 Å². The van der Waals surface area contributed by atoms with E-state index in [1.807, 2.05) is 80.7 Å². The van der Waals surface area contributed by atoms with Crippen molar-refractivity contribution < 1.29 is 4.79 Å². The van der Waals surface area contributed by atoms with Crippen molar-refractivity contribution in [3.05, 3.63) is 99.3 Å². The number of rotatable bonds is 8. The minimum absolute atomic E-state index is 0.0293. The van der Waals surface area contributed by atoms with E-state index in [4.69, 9.17) is 23.2 Å². The molecule has 5 rings (SSSR count). The first-order chi connectivity index (χ1) is 19.3. The Balaban J connectivity index is 1.26. The number of pyridine rings is 2. The number of carbonyl (C=O) groups excluding carboxylic acids is 1. The highest BCUT2D eigenvalue weighted by Crippen LogP contribution is 2.30. The first-order valence-electron chi connectivity index (χ1n) is 13.7. The summed E-state index contributed by atoms with van der Waals surface area (Å²) in [7, 11) is 1.88. The molecule has 1 amide bonds. The number of nitrogens with zero attached hydrogens (tertiary/aromatic N) is 5. The van der Waals surface area contributed by atoms with Gasteiger partial charge in [0.2, 0.25) is 0 Å². The van der Waals surface area contributed by atoms with Crippen molar-refractivity contribution >= 4 is 45.8 Å². The Kier molecular flexibility index (Phi) is 8.89. The van der Waals surface area contributed by atoms with Crippen molar-refractivity contribution in [3.8, 4) is 0 Å². The summed E-state index contributed by atoms with van der Waals surface area (Å²) in [6.45, 7) is 9.23. The summed E-state index contributed by atoms with van der Waals surface area (Å²) in [5.41, 5.74) is 4.95. The molecular formula is C32H35Cl2N5O. The van der Waals surface area contributed by atoms with Gasteiger partial charge in [-0.15, -0.1) is 0 Å². The molecule has 2 aromatic carbocycles. The fourth-order valence-electron chi connectivity index (χ4n) is 5.60. The molecule has 0 aliphatic carbocycles. The molecule has 2 aromatic heterocycles. The van der Waals surface area contributed by atoms with E-state index < -0.39 is 0 Å². The molecule has 3 heterocycles. The third-order valence-corrected chi connectivity index (χ3v) is 8.43. The van der Waals surface area contributed by atoms with Gasteiger partial charge in [0.25, 0.3) is 5.91 Å². The van der Waals surface area contributed by atoms with Gasteiger partial charge in [0, 0.05) is 69.0 Å². The fourth-order valence-corrected chi connectivity index (χ4v) is 5.91. The summed E-state index contributed by atoms with van der Waals surface area (Å²) in [5.74, 6) is 1.11. The van der Waals surface area contributed by atoms with Crippen LogP contribution in [0.4, 0.5) is 5.82 Å². The fraction of sp³-hybridized carbons (Fsp3) is 0.344. The Morgan fingerprint density at radius 1 is 0.925 bits per heavy atom. The van der Waals surface area contributed by atoms with Crippen LogP contribution < -0.4 is 4.90 Å². The average Bonchev–Trinajstić information content (AvgIpc) is 2.95. The van der Waals surface area contributed by atoms with E-state index in [2.05, 4.69) is 31.9 Å². The van der Waals surface area contributed by atoms with Crippen molar-refractivity contribution in [2.24, 2.45) is 0 Å². The first kappa shape index (κ1) is 28.3. The Bertz CT molecular complexity index is 1480. The molecule has 0 saturated carbocycles. The van der Waals surface area contributed by atoms with E-state index in [-0.39, 0.29) is 11.8 Å². The minimum Gasteiger partial charge on any atom is -0.352 e. The summed E-state index contributed by atoms with van der Waals surface area (Å²) in [6.07, 6.45) is 4.59. The monoisotopic (exact) mass is 575 g/mol. The van der Waals surface area contributed by atoms with E-state index in [0.29, 0.717) is 16.6 Å². The number of fused-ring (bicyclic) bond motifs is 1. The van der Waals surface area contributed by atoms with Crippen molar-refractivity contribution in [1.29, 1.82) is 0 Å². The maximum Gasteiger partial charge on any atom is 0.253 e. The highest BCUT2D eigenvalue weighted by atomic mass is 35.5. The molecule has 0 radical (unpaired) electrons. The molecule has 1 atom stereocenters. The van der Waals surface area contributed by atoms with Gasteiger partial charge in [0.05, 0.1) is 10.0 Å². The molecule has 1 aliphatic rings. The molecule has 1 aliphatic heterocycles. The number of aryl methyl sites for hydroxylation is 2. The van der Waals surface area contributed by atoms with Gasteiger partial charge in [-0.1, -0.05) is 52.5 Å². The first-order valence-corrected chi connectivity index (χ1v) is 14.5. The molecule has 1 fully saturated rings. The number of benzene rings is 2. The van der Waals surface area contributed by atoms with Gasteiger partial charge in [-0.3, -0.25) is 14.7 Å². The van der Waals surface area contributed by atoms with Crippen LogP contribution in [0.1, 0.15) is 39.4 Å². The molecule has 0 spiro atoms. The minimum atomic E-state index is 0.0293. The Morgan fingerprint density at radius 2 is 1.68 bits per heavy atom. The second kappa shape index (κ2) is 12.5. The topological polar surface area (TPSA) is 52.6 Å². The quantitative estimate of drug-likeness (QED) is 0.236. The van der Waals surface area contributed by atoms with Crippen LogP contribution in [-0.2, 0) is 0 Å². The van der Waals surface area contributed by atoms with Crippen LogP contribution in [0.3, 0.4) is 0 Å². The highest BCUT2D eigenvalue weighted by Gasteiger charge is 2.24. The molecule has 0 N–H and O–H groups in total. The van der Waals surface area contributed by atoms with Gasteiger partial charge in [-0.2, -0.15) is 0 Å². The van der Waals surface area contributed by atoms with Crippen molar-refractivity contribution in [2.45, 2.75) is 26.2 Å². The van der Waals surface area contributed by atoms with Crippen molar-refractivity contribution in [2.75, 3.05) is 51.2 Å². The number of amides is 1. The summed E-state index contributed by atoms with van der Waals surface area (Å²) in [5, 5.41) is 2.19. The Hall–Kier alpha value is -3.19. The van der Waals surface area contributed by atoms with E-state index in [1.165, 1.54) is 0 Å². The number of carbonyl (C=O) groups is 1. The predicted octanol–water partition coefficient (Wildman–Crippen LogP) is 6.62.